The molecule has 4 heteroatoms. The van der Waals surface area contributed by atoms with Crippen LogP contribution in [0.25, 0.3) is 0 Å². The fourth-order valence-corrected chi connectivity index (χ4v) is 1.69. The number of nitrogens with zero attached hydrogens (tertiary/aromatic N) is 1. The zero-order valence-corrected chi connectivity index (χ0v) is 8.11. The smallest absolute Gasteiger partial charge is 0.211 e. The first kappa shape index (κ1) is 10.7. The Bertz CT molecular complexity index is 231. The molecule has 0 amide bonds. The summed E-state index contributed by atoms with van der Waals surface area (Å²) in [6, 6.07) is 0. The summed E-state index contributed by atoms with van der Waals surface area (Å²) in [4.78, 5) is 0. The van der Waals surface area contributed by atoms with Crippen molar-refractivity contribution in [2.75, 3.05) is 19.3 Å². The Balaban J connectivity index is 4.31. The van der Waals surface area contributed by atoms with E-state index in [1.165, 1.54) is 10.6 Å². The molecule has 0 aliphatic carbocycles. The molecule has 0 aromatic carbocycles. The largest absolute Gasteiger partial charge is 0.212 e. The zero-order chi connectivity index (χ0) is 9.07. The first-order chi connectivity index (χ1) is 4.88. The molecule has 0 unspecified atom stereocenters. The van der Waals surface area contributed by atoms with Crippen molar-refractivity contribution in [3.63, 3.8) is 0 Å². The van der Waals surface area contributed by atoms with Crippen LogP contribution in [0, 0.1) is 0 Å². The van der Waals surface area contributed by atoms with Crippen LogP contribution < -0.4 is 0 Å². The van der Waals surface area contributed by atoms with Crippen molar-refractivity contribution in [1.29, 1.82) is 0 Å². The van der Waals surface area contributed by atoms with Crippen LogP contribution in [0.2, 0.25) is 0 Å². The zero-order valence-electron chi connectivity index (χ0n) is 7.29. The Morgan fingerprint density at radius 1 is 1.55 bits per heavy atom. The second kappa shape index (κ2) is 3.88. The van der Waals surface area contributed by atoms with E-state index in [-0.39, 0.29) is 0 Å². The molecule has 11 heavy (non-hydrogen) atoms. The molecule has 0 N–H and O–H groups in total. The van der Waals surface area contributed by atoms with Gasteiger partial charge in [0.1, 0.15) is 0 Å². The van der Waals surface area contributed by atoms with Gasteiger partial charge in [0.15, 0.2) is 0 Å². The van der Waals surface area contributed by atoms with Crippen LogP contribution in [0.4, 0.5) is 0 Å². The van der Waals surface area contributed by atoms with Gasteiger partial charge in [0.2, 0.25) is 10.0 Å². The third kappa shape index (κ3) is 4.16. The van der Waals surface area contributed by atoms with E-state index in [1.807, 2.05) is 13.8 Å². The van der Waals surface area contributed by atoms with E-state index in [9.17, 15) is 8.42 Å². The van der Waals surface area contributed by atoms with E-state index < -0.39 is 10.0 Å². The van der Waals surface area contributed by atoms with Crippen molar-refractivity contribution in [2.24, 2.45) is 0 Å². The number of sulfonamides is 1. The number of likely N-dealkylation sites (N-methyl/N-ethyl adjacent to an activating group) is 1. The third-order valence-electron chi connectivity index (χ3n) is 1.27. The summed E-state index contributed by atoms with van der Waals surface area (Å²) in [5, 5.41) is 0. The normalized spacial score (nSPS) is 12.0. The summed E-state index contributed by atoms with van der Waals surface area (Å²) in [7, 11) is -3.04. The van der Waals surface area contributed by atoms with Gasteiger partial charge in [-0.15, -0.1) is 0 Å². The molecular weight excluding hydrogens is 162 g/mol. The maximum Gasteiger partial charge on any atom is 0.211 e. The van der Waals surface area contributed by atoms with E-state index in [2.05, 4.69) is 6.58 Å². The first-order valence-corrected chi connectivity index (χ1v) is 5.32. The molecule has 0 aliphatic heterocycles. The van der Waals surface area contributed by atoms with Crippen molar-refractivity contribution < 1.29 is 8.42 Å². The van der Waals surface area contributed by atoms with Crippen molar-refractivity contribution in [3.05, 3.63) is 12.2 Å². The second-order valence-corrected chi connectivity index (χ2v) is 4.63. The molecule has 0 aromatic rings. The topological polar surface area (TPSA) is 37.4 Å². The van der Waals surface area contributed by atoms with E-state index in [0.717, 1.165) is 5.57 Å². The van der Waals surface area contributed by atoms with Gasteiger partial charge in [-0.2, -0.15) is 4.31 Å². The molecule has 0 radical (unpaired) electrons. The Morgan fingerprint density at radius 3 is 2.09 bits per heavy atom. The van der Waals surface area contributed by atoms with Crippen LogP contribution in [0.15, 0.2) is 12.2 Å². The quantitative estimate of drug-likeness (QED) is 0.597. The Kier molecular flexibility index (Phi) is 3.75. The Hall–Kier alpha value is -0.350. The maximum absolute atomic E-state index is 11.0. The van der Waals surface area contributed by atoms with Crippen LogP contribution in [0.3, 0.4) is 0 Å². The maximum atomic E-state index is 11.0. The molecule has 66 valence electrons. The van der Waals surface area contributed by atoms with Crippen molar-refractivity contribution in [2.45, 2.75) is 13.8 Å². The molecule has 3 nitrogen and oxygen atoms in total. The fourth-order valence-electron chi connectivity index (χ4n) is 0.765. The monoisotopic (exact) mass is 177 g/mol. The van der Waals surface area contributed by atoms with Crippen LogP contribution in [0.5, 0.6) is 0 Å². The summed E-state index contributed by atoms with van der Waals surface area (Å²) in [5.41, 5.74) is 0.859. The molecule has 0 spiro atoms. The lowest BCUT2D eigenvalue weighted by Gasteiger charge is -2.17. The molecule has 0 saturated carbocycles. The molecule has 0 saturated heterocycles. The van der Waals surface area contributed by atoms with Gasteiger partial charge in [0.25, 0.3) is 0 Å². The summed E-state index contributed by atoms with van der Waals surface area (Å²) in [6.07, 6.45) is 1.21. The van der Waals surface area contributed by atoms with Gasteiger partial charge in [0, 0.05) is 13.1 Å². The lowest BCUT2D eigenvalue weighted by Crippen LogP contribution is -2.30. The molecular formula is C7H15NO2S. The molecule has 0 atom stereocenters. The highest BCUT2D eigenvalue weighted by atomic mass is 32.2. The predicted molar refractivity (Wildman–Crippen MR) is 46.9 cm³/mol. The minimum Gasteiger partial charge on any atom is -0.212 e. The summed E-state index contributed by atoms with van der Waals surface area (Å²) >= 11 is 0. The van der Waals surface area contributed by atoms with Crippen LogP contribution in [0.1, 0.15) is 13.8 Å². The SMILES string of the molecule is C=C(C)CN(CC)S(C)(=O)=O. The minimum atomic E-state index is -3.04. The van der Waals surface area contributed by atoms with Crippen molar-refractivity contribution in [3.8, 4) is 0 Å². The van der Waals surface area contributed by atoms with Gasteiger partial charge >= 0.3 is 0 Å². The highest BCUT2D eigenvalue weighted by Gasteiger charge is 2.12. The van der Waals surface area contributed by atoms with Crippen LogP contribution >= 0.6 is 0 Å². The Labute approximate surface area is 68.8 Å². The van der Waals surface area contributed by atoms with Crippen LogP contribution in [-0.4, -0.2) is 32.1 Å². The van der Waals surface area contributed by atoms with Crippen molar-refractivity contribution in [1.82, 2.24) is 4.31 Å². The predicted octanol–water partition coefficient (Wildman–Crippen LogP) is 0.844. The highest BCUT2D eigenvalue weighted by molar-refractivity contribution is 7.88. The average Bonchev–Trinajstić information content (AvgIpc) is 1.79. The van der Waals surface area contributed by atoms with Gasteiger partial charge < -0.3 is 0 Å². The van der Waals surface area contributed by atoms with Crippen LogP contribution in [-0.2, 0) is 10.0 Å². The van der Waals surface area contributed by atoms with E-state index in [4.69, 9.17) is 0 Å². The van der Waals surface area contributed by atoms with Crippen molar-refractivity contribution >= 4 is 10.0 Å². The Morgan fingerprint density at radius 2 is 2.00 bits per heavy atom. The minimum absolute atomic E-state index is 0.426. The van der Waals surface area contributed by atoms with E-state index in [0.29, 0.717) is 13.1 Å². The number of hydrogen-bond donors (Lipinski definition) is 0. The molecule has 0 bridgehead atoms. The van der Waals surface area contributed by atoms with Gasteiger partial charge in [-0.1, -0.05) is 19.1 Å². The van der Waals surface area contributed by atoms with Gasteiger partial charge in [-0.05, 0) is 6.92 Å². The molecule has 0 aliphatic rings. The summed E-state index contributed by atoms with van der Waals surface area (Å²) in [5.74, 6) is 0. The average molecular weight is 177 g/mol. The fraction of sp³-hybridized carbons (Fsp3) is 0.714. The number of hydrogen-bond acceptors (Lipinski definition) is 2. The molecule has 0 rings (SSSR count). The number of rotatable bonds is 4. The van der Waals surface area contributed by atoms with E-state index >= 15 is 0 Å². The molecule has 0 aromatic heterocycles. The third-order valence-corrected chi connectivity index (χ3v) is 2.59. The highest BCUT2D eigenvalue weighted by Crippen LogP contribution is 2.00. The van der Waals surface area contributed by atoms with Gasteiger partial charge in [-0.3, -0.25) is 0 Å². The first-order valence-electron chi connectivity index (χ1n) is 3.47. The lowest BCUT2D eigenvalue weighted by molar-refractivity contribution is 0.458. The molecule has 0 fully saturated rings. The summed E-state index contributed by atoms with van der Waals surface area (Å²) < 4.78 is 23.3. The van der Waals surface area contributed by atoms with Gasteiger partial charge in [-0.25, -0.2) is 8.42 Å². The summed E-state index contributed by atoms with van der Waals surface area (Å²) in [6.45, 7) is 8.20. The second-order valence-electron chi connectivity index (χ2n) is 2.65. The van der Waals surface area contributed by atoms with Gasteiger partial charge in [0.05, 0.1) is 6.26 Å². The van der Waals surface area contributed by atoms with E-state index in [1.54, 1.807) is 0 Å². The lowest BCUT2D eigenvalue weighted by atomic mass is 10.3. The standard InChI is InChI=1S/C7H15NO2S/c1-5-8(6-7(2)3)11(4,9)10/h2,5-6H2,1,3-4H3. The molecule has 0 heterocycles.